The number of nitrogens with one attached hydrogen (secondary N) is 1. The smallest absolute Gasteiger partial charge is 0.239 e. The van der Waals surface area contributed by atoms with Crippen LogP contribution in [0.25, 0.3) is 0 Å². The Hall–Kier alpha value is -1.99. The topological polar surface area (TPSA) is 71.1 Å². The van der Waals surface area contributed by atoms with Gasteiger partial charge in [0.25, 0.3) is 0 Å². The number of amides is 2. The second kappa shape index (κ2) is 9.01. The fourth-order valence-corrected chi connectivity index (χ4v) is 4.18. The number of halogens is 1. The van der Waals surface area contributed by atoms with Crippen LogP contribution in [0.4, 0.5) is 5.69 Å². The molecule has 3 aliphatic heterocycles. The van der Waals surface area contributed by atoms with Crippen LogP contribution >= 0.6 is 12.4 Å². The van der Waals surface area contributed by atoms with Gasteiger partial charge in [-0.1, -0.05) is 6.92 Å². The lowest BCUT2D eigenvalue weighted by Crippen LogP contribution is -2.47. The Kier molecular flexibility index (Phi) is 6.67. The Morgan fingerprint density at radius 3 is 2.75 bits per heavy atom. The molecule has 1 aromatic carbocycles. The number of rotatable bonds is 5. The summed E-state index contributed by atoms with van der Waals surface area (Å²) < 4.78 is 11.2. The summed E-state index contributed by atoms with van der Waals surface area (Å²) in [7, 11) is 0. The van der Waals surface area contributed by atoms with Crippen LogP contribution in [0, 0.1) is 5.92 Å². The Bertz CT molecular complexity index is 723. The molecule has 0 bridgehead atoms. The molecule has 1 N–H and O–H groups in total. The van der Waals surface area contributed by atoms with E-state index in [9.17, 15) is 9.59 Å². The lowest BCUT2D eigenvalue weighted by molar-refractivity contribution is -0.141. The average Bonchev–Trinajstić information content (AvgIpc) is 3.35. The quantitative estimate of drug-likeness (QED) is 0.751. The first-order chi connectivity index (χ1) is 13.2. The summed E-state index contributed by atoms with van der Waals surface area (Å²) in [5.74, 6) is 0.655. The molecule has 2 fully saturated rings. The van der Waals surface area contributed by atoms with Gasteiger partial charge in [-0.3, -0.25) is 9.59 Å². The minimum atomic E-state index is -0.578. The summed E-state index contributed by atoms with van der Waals surface area (Å²) in [6.45, 7) is 6.12. The Morgan fingerprint density at radius 2 is 2.04 bits per heavy atom. The van der Waals surface area contributed by atoms with Gasteiger partial charge in [0.15, 0.2) is 11.5 Å². The van der Waals surface area contributed by atoms with Crippen molar-refractivity contribution in [2.45, 2.75) is 32.2 Å². The zero-order chi connectivity index (χ0) is 18.8. The molecule has 2 saturated heterocycles. The molecule has 7 nitrogen and oxygen atoms in total. The molecule has 2 atom stereocenters. The summed E-state index contributed by atoms with van der Waals surface area (Å²) >= 11 is 0. The van der Waals surface area contributed by atoms with E-state index in [0.717, 1.165) is 31.6 Å². The fraction of sp³-hybridized carbons (Fsp3) is 0.600. The highest BCUT2D eigenvalue weighted by Gasteiger charge is 2.41. The van der Waals surface area contributed by atoms with Gasteiger partial charge in [0, 0.05) is 37.4 Å². The molecule has 3 heterocycles. The largest absolute Gasteiger partial charge is 0.486 e. The van der Waals surface area contributed by atoms with Gasteiger partial charge in [0.05, 0.1) is 0 Å². The molecule has 154 valence electrons. The molecule has 2 amide bonds. The van der Waals surface area contributed by atoms with Gasteiger partial charge in [-0.05, 0) is 37.9 Å². The molecule has 4 rings (SSSR count). The molecule has 0 radical (unpaired) electrons. The van der Waals surface area contributed by atoms with E-state index in [2.05, 4.69) is 12.2 Å². The lowest BCUT2D eigenvalue weighted by atomic mass is 10.0. The highest BCUT2D eigenvalue weighted by atomic mass is 35.5. The summed E-state index contributed by atoms with van der Waals surface area (Å²) in [4.78, 5) is 29.8. The van der Waals surface area contributed by atoms with E-state index < -0.39 is 5.92 Å². The van der Waals surface area contributed by atoms with Crippen molar-refractivity contribution in [3.8, 4) is 11.5 Å². The standard InChI is InChI=1S/C20H27N3O4.ClH/c1-2-8-22(15-5-7-21-13-15)19(24)16-6-9-23(20(16)25)14-3-4-17-18(12-14)27-11-10-26-17;/h3-4,12,15-16,21H,2,5-11,13H2,1H3;1H. The number of carbonyl (C=O) groups is 2. The minimum absolute atomic E-state index is 0. The van der Waals surface area contributed by atoms with E-state index in [1.54, 1.807) is 4.90 Å². The van der Waals surface area contributed by atoms with Crippen molar-refractivity contribution in [2.75, 3.05) is 44.3 Å². The molecule has 0 aliphatic carbocycles. The van der Waals surface area contributed by atoms with Gasteiger partial charge in [-0.15, -0.1) is 12.4 Å². The zero-order valence-electron chi connectivity index (χ0n) is 16.2. The maximum absolute atomic E-state index is 13.1. The summed E-state index contributed by atoms with van der Waals surface area (Å²) in [5, 5.41) is 3.32. The van der Waals surface area contributed by atoms with Crippen molar-refractivity contribution < 1.29 is 19.1 Å². The molecule has 2 unspecified atom stereocenters. The number of hydrogen-bond acceptors (Lipinski definition) is 5. The Labute approximate surface area is 171 Å². The predicted molar refractivity (Wildman–Crippen MR) is 108 cm³/mol. The SMILES string of the molecule is CCCN(C(=O)C1CCN(c2ccc3c(c2)OCCO3)C1=O)C1CCNC1.Cl. The Morgan fingerprint density at radius 1 is 1.25 bits per heavy atom. The lowest BCUT2D eigenvalue weighted by Gasteiger charge is -2.30. The summed E-state index contributed by atoms with van der Waals surface area (Å²) in [6, 6.07) is 5.74. The van der Waals surface area contributed by atoms with E-state index in [0.29, 0.717) is 44.2 Å². The molecule has 28 heavy (non-hydrogen) atoms. The summed E-state index contributed by atoms with van der Waals surface area (Å²) in [5.41, 5.74) is 0.768. The second-order valence-electron chi connectivity index (χ2n) is 7.34. The highest BCUT2D eigenvalue weighted by molar-refractivity contribution is 6.09. The van der Waals surface area contributed by atoms with Crippen LogP contribution in [0.3, 0.4) is 0 Å². The van der Waals surface area contributed by atoms with E-state index in [4.69, 9.17) is 9.47 Å². The molecule has 3 aliphatic rings. The highest BCUT2D eigenvalue weighted by Crippen LogP contribution is 2.36. The van der Waals surface area contributed by atoms with E-state index in [-0.39, 0.29) is 30.3 Å². The molecule has 0 spiro atoms. The molecule has 1 aromatic rings. The van der Waals surface area contributed by atoms with Gasteiger partial charge >= 0.3 is 0 Å². The van der Waals surface area contributed by atoms with Crippen molar-refractivity contribution in [3.63, 3.8) is 0 Å². The van der Waals surface area contributed by atoms with E-state index in [1.165, 1.54) is 0 Å². The zero-order valence-corrected chi connectivity index (χ0v) is 17.0. The average molecular weight is 410 g/mol. The van der Waals surface area contributed by atoms with E-state index in [1.807, 2.05) is 23.1 Å². The normalized spacial score (nSPS) is 23.5. The number of anilines is 1. The first kappa shape index (κ1) is 20.7. The molecular weight excluding hydrogens is 382 g/mol. The number of benzene rings is 1. The van der Waals surface area contributed by atoms with Crippen molar-refractivity contribution in [3.05, 3.63) is 18.2 Å². The van der Waals surface area contributed by atoms with Crippen molar-refractivity contribution >= 4 is 29.9 Å². The van der Waals surface area contributed by atoms with Gasteiger partial charge in [-0.25, -0.2) is 0 Å². The van der Waals surface area contributed by atoms with Gasteiger partial charge in [-0.2, -0.15) is 0 Å². The third-order valence-corrected chi connectivity index (χ3v) is 5.56. The first-order valence-corrected chi connectivity index (χ1v) is 9.91. The number of carbonyl (C=O) groups excluding carboxylic acids is 2. The second-order valence-corrected chi connectivity index (χ2v) is 7.34. The number of ether oxygens (including phenoxy) is 2. The molecule has 8 heteroatoms. The van der Waals surface area contributed by atoms with Gasteiger partial charge in [0.1, 0.15) is 19.1 Å². The van der Waals surface area contributed by atoms with Crippen LogP contribution in [0.2, 0.25) is 0 Å². The third kappa shape index (κ3) is 3.91. The van der Waals surface area contributed by atoms with Crippen LogP contribution in [-0.4, -0.2) is 62.1 Å². The summed E-state index contributed by atoms with van der Waals surface area (Å²) in [6.07, 6.45) is 2.42. The van der Waals surface area contributed by atoms with Gasteiger partial charge < -0.3 is 24.6 Å². The molecule has 0 saturated carbocycles. The molecular formula is C20H28ClN3O4. The van der Waals surface area contributed by atoms with Crippen LogP contribution in [0.5, 0.6) is 11.5 Å². The number of hydrogen-bond donors (Lipinski definition) is 1. The first-order valence-electron chi connectivity index (χ1n) is 9.91. The van der Waals surface area contributed by atoms with Crippen LogP contribution in [-0.2, 0) is 9.59 Å². The van der Waals surface area contributed by atoms with Gasteiger partial charge in [0.2, 0.25) is 11.8 Å². The maximum Gasteiger partial charge on any atom is 0.239 e. The number of nitrogens with zero attached hydrogens (tertiary/aromatic N) is 2. The number of fused-ring (bicyclic) bond motifs is 1. The monoisotopic (exact) mass is 409 g/mol. The van der Waals surface area contributed by atoms with Crippen molar-refractivity contribution in [2.24, 2.45) is 5.92 Å². The van der Waals surface area contributed by atoms with Crippen molar-refractivity contribution in [1.82, 2.24) is 10.2 Å². The van der Waals surface area contributed by atoms with Crippen LogP contribution in [0.1, 0.15) is 26.2 Å². The van der Waals surface area contributed by atoms with E-state index >= 15 is 0 Å². The van der Waals surface area contributed by atoms with Crippen LogP contribution < -0.4 is 19.7 Å². The molecule has 0 aromatic heterocycles. The van der Waals surface area contributed by atoms with Crippen LogP contribution in [0.15, 0.2) is 18.2 Å². The maximum atomic E-state index is 13.1. The Balaban J connectivity index is 0.00000225. The fourth-order valence-electron chi connectivity index (χ4n) is 4.18. The predicted octanol–water partition coefficient (Wildman–Crippen LogP) is 1.83. The third-order valence-electron chi connectivity index (χ3n) is 5.56. The minimum Gasteiger partial charge on any atom is -0.486 e. The van der Waals surface area contributed by atoms with Crippen molar-refractivity contribution in [1.29, 1.82) is 0 Å².